The van der Waals surface area contributed by atoms with Crippen molar-refractivity contribution in [3.63, 3.8) is 0 Å². The first-order chi connectivity index (χ1) is 8.04. The van der Waals surface area contributed by atoms with E-state index < -0.39 is 0 Å². The Kier molecular flexibility index (Phi) is 3.50. The number of nitrogens with zero attached hydrogens (tertiary/aromatic N) is 2. The maximum Gasteiger partial charge on any atom is 0.0793 e. The quantitative estimate of drug-likeness (QED) is 0.878. The van der Waals surface area contributed by atoms with Crippen LogP contribution in [0.4, 0.5) is 11.4 Å². The van der Waals surface area contributed by atoms with Gasteiger partial charge in [-0.3, -0.25) is 0 Å². The summed E-state index contributed by atoms with van der Waals surface area (Å²) in [6, 6.07) is 4.66. The lowest BCUT2D eigenvalue weighted by Crippen LogP contribution is -2.47. The lowest BCUT2D eigenvalue weighted by atomic mass is 10.0. The largest absolute Gasteiger partial charge is 0.371 e. The van der Waals surface area contributed by atoms with Crippen LogP contribution < -0.4 is 15.5 Å². The van der Waals surface area contributed by atoms with Gasteiger partial charge in [0.1, 0.15) is 0 Å². The average molecular weight is 254 g/mol. The highest BCUT2D eigenvalue weighted by atomic mass is 35.5. The van der Waals surface area contributed by atoms with E-state index in [2.05, 4.69) is 36.9 Å². The molecule has 1 aromatic rings. The molecule has 0 amide bonds. The molecule has 1 aliphatic heterocycles. The molecule has 0 saturated carbocycles. The molecule has 0 aliphatic carbocycles. The Morgan fingerprint density at radius 2 is 2.12 bits per heavy atom. The molecular weight excluding hydrogens is 234 g/mol. The topological polar surface area (TPSA) is 32.5 Å². The van der Waals surface area contributed by atoms with E-state index >= 15 is 0 Å². The third-order valence-corrected chi connectivity index (χ3v) is 3.77. The van der Waals surface area contributed by atoms with Gasteiger partial charge < -0.3 is 15.5 Å². The molecule has 2 N–H and O–H groups in total. The molecule has 4 heteroatoms. The van der Waals surface area contributed by atoms with Gasteiger partial charge in [-0.15, -0.1) is 0 Å². The second-order valence-electron chi connectivity index (χ2n) is 4.84. The van der Waals surface area contributed by atoms with E-state index in [0.29, 0.717) is 12.6 Å². The summed E-state index contributed by atoms with van der Waals surface area (Å²) < 4.78 is 0. The fraction of sp³-hybridized carbons (Fsp3) is 0.538. The van der Waals surface area contributed by atoms with E-state index in [9.17, 15) is 0 Å². The fourth-order valence-electron chi connectivity index (χ4n) is 2.55. The number of rotatable bonds is 2. The fourth-order valence-corrected chi connectivity index (χ4v) is 2.96. The number of halogens is 1. The molecule has 2 rings (SSSR count). The molecule has 1 aromatic carbocycles. The number of hydrogen-bond acceptors (Lipinski definition) is 3. The van der Waals surface area contributed by atoms with Crippen molar-refractivity contribution in [1.82, 2.24) is 0 Å². The van der Waals surface area contributed by atoms with E-state index in [4.69, 9.17) is 17.3 Å². The summed E-state index contributed by atoms with van der Waals surface area (Å²) in [6.07, 6.45) is 0.991. The summed E-state index contributed by atoms with van der Waals surface area (Å²) in [4.78, 5) is 4.54. The lowest BCUT2D eigenvalue weighted by Gasteiger charge is -2.42. The lowest BCUT2D eigenvalue weighted by molar-refractivity contribution is 0.567. The van der Waals surface area contributed by atoms with Gasteiger partial charge in [0.15, 0.2) is 0 Å². The highest BCUT2D eigenvalue weighted by Crippen LogP contribution is 2.40. The van der Waals surface area contributed by atoms with Crippen molar-refractivity contribution in [3.05, 3.63) is 22.7 Å². The van der Waals surface area contributed by atoms with E-state index in [-0.39, 0.29) is 0 Å². The Bertz CT molecular complexity index is 419. The van der Waals surface area contributed by atoms with Crippen molar-refractivity contribution in [2.45, 2.75) is 19.4 Å². The smallest absolute Gasteiger partial charge is 0.0793 e. The molecular formula is C13H20ClN3. The van der Waals surface area contributed by atoms with Crippen LogP contribution in [0, 0.1) is 6.92 Å². The monoisotopic (exact) mass is 253 g/mol. The average Bonchev–Trinajstić information content (AvgIpc) is 2.25. The molecule has 0 aromatic heterocycles. The highest BCUT2D eigenvalue weighted by molar-refractivity contribution is 6.34. The molecule has 1 aliphatic rings. The molecule has 1 heterocycles. The Labute approximate surface area is 108 Å². The predicted molar refractivity (Wildman–Crippen MR) is 75.3 cm³/mol. The van der Waals surface area contributed by atoms with Gasteiger partial charge in [0.2, 0.25) is 0 Å². The first kappa shape index (κ1) is 12.5. The van der Waals surface area contributed by atoms with Crippen LogP contribution in [0.15, 0.2) is 12.1 Å². The van der Waals surface area contributed by atoms with Crippen molar-refractivity contribution >= 4 is 23.0 Å². The molecule has 0 radical (unpaired) electrons. The molecule has 0 bridgehead atoms. The summed E-state index contributed by atoms with van der Waals surface area (Å²) in [5, 5.41) is 0.830. The SMILES string of the molecule is Cc1cc(Cl)c2c(c1)N(C)CC(CCN)N2C. The molecule has 0 spiro atoms. The summed E-state index contributed by atoms with van der Waals surface area (Å²) >= 11 is 6.37. The van der Waals surface area contributed by atoms with Gasteiger partial charge in [0, 0.05) is 26.7 Å². The zero-order valence-corrected chi connectivity index (χ0v) is 11.5. The van der Waals surface area contributed by atoms with Crippen LogP contribution in [0.3, 0.4) is 0 Å². The Morgan fingerprint density at radius 1 is 1.41 bits per heavy atom. The summed E-state index contributed by atoms with van der Waals surface area (Å²) in [6.45, 7) is 3.79. The molecule has 1 atom stereocenters. The molecule has 0 saturated heterocycles. The van der Waals surface area contributed by atoms with E-state index in [0.717, 1.165) is 23.7 Å². The number of anilines is 2. The van der Waals surface area contributed by atoms with Gasteiger partial charge in [-0.2, -0.15) is 0 Å². The van der Waals surface area contributed by atoms with Crippen LogP contribution >= 0.6 is 11.6 Å². The standard InChI is InChI=1S/C13H20ClN3/c1-9-6-11(14)13-12(7-9)16(2)8-10(4-5-15)17(13)3/h6-7,10H,4-5,8,15H2,1-3H3. The van der Waals surface area contributed by atoms with Crippen molar-refractivity contribution in [3.8, 4) is 0 Å². The van der Waals surface area contributed by atoms with Crippen LogP contribution in [-0.4, -0.2) is 33.2 Å². The Balaban J connectivity index is 2.45. The summed E-state index contributed by atoms with van der Waals surface area (Å²) in [5.74, 6) is 0. The zero-order chi connectivity index (χ0) is 12.6. The second-order valence-corrected chi connectivity index (χ2v) is 5.24. The third kappa shape index (κ3) is 2.22. The van der Waals surface area contributed by atoms with Gasteiger partial charge in [-0.1, -0.05) is 11.6 Å². The first-order valence-electron chi connectivity index (χ1n) is 5.98. The number of nitrogens with two attached hydrogens (primary N) is 1. The Hall–Kier alpha value is -0.930. The van der Waals surface area contributed by atoms with Crippen LogP contribution in [-0.2, 0) is 0 Å². The normalized spacial score (nSPS) is 19.5. The third-order valence-electron chi connectivity index (χ3n) is 3.48. The van der Waals surface area contributed by atoms with Crippen molar-refractivity contribution < 1.29 is 0 Å². The predicted octanol–water partition coefficient (Wildman–Crippen LogP) is 2.25. The van der Waals surface area contributed by atoms with E-state index in [1.807, 2.05) is 6.07 Å². The van der Waals surface area contributed by atoms with Crippen molar-refractivity contribution in [2.75, 3.05) is 37.0 Å². The maximum atomic E-state index is 6.37. The summed E-state index contributed by atoms with van der Waals surface area (Å²) in [5.41, 5.74) is 9.21. The van der Waals surface area contributed by atoms with E-state index in [1.165, 1.54) is 11.3 Å². The van der Waals surface area contributed by atoms with Crippen LogP contribution in [0.1, 0.15) is 12.0 Å². The van der Waals surface area contributed by atoms with Crippen LogP contribution in [0.25, 0.3) is 0 Å². The summed E-state index contributed by atoms with van der Waals surface area (Å²) in [7, 11) is 4.22. The van der Waals surface area contributed by atoms with Crippen molar-refractivity contribution in [1.29, 1.82) is 0 Å². The van der Waals surface area contributed by atoms with Gasteiger partial charge in [-0.25, -0.2) is 0 Å². The minimum absolute atomic E-state index is 0.442. The number of hydrogen-bond donors (Lipinski definition) is 1. The minimum Gasteiger partial charge on any atom is -0.371 e. The number of fused-ring (bicyclic) bond motifs is 1. The van der Waals surface area contributed by atoms with Gasteiger partial charge in [-0.05, 0) is 37.6 Å². The van der Waals surface area contributed by atoms with Crippen LogP contribution in [0.5, 0.6) is 0 Å². The van der Waals surface area contributed by atoms with Crippen LogP contribution in [0.2, 0.25) is 5.02 Å². The van der Waals surface area contributed by atoms with Gasteiger partial charge in [0.25, 0.3) is 0 Å². The Morgan fingerprint density at radius 3 is 2.76 bits per heavy atom. The van der Waals surface area contributed by atoms with Gasteiger partial charge >= 0.3 is 0 Å². The van der Waals surface area contributed by atoms with Crippen molar-refractivity contribution in [2.24, 2.45) is 5.73 Å². The molecule has 94 valence electrons. The maximum absolute atomic E-state index is 6.37. The number of likely N-dealkylation sites (N-methyl/N-ethyl adjacent to an activating group) is 2. The minimum atomic E-state index is 0.442. The molecule has 0 fully saturated rings. The zero-order valence-electron chi connectivity index (χ0n) is 10.7. The number of benzene rings is 1. The second kappa shape index (κ2) is 4.75. The first-order valence-corrected chi connectivity index (χ1v) is 6.36. The number of aryl methyl sites for hydroxylation is 1. The molecule has 17 heavy (non-hydrogen) atoms. The van der Waals surface area contributed by atoms with E-state index in [1.54, 1.807) is 0 Å². The molecule has 3 nitrogen and oxygen atoms in total. The molecule has 1 unspecified atom stereocenters. The highest BCUT2D eigenvalue weighted by Gasteiger charge is 2.28. The van der Waals surface area contributed by atoms with Gasteiger partial charge in [0.05, 0.1) is 16.4 Å².